The fourth-order valence-electron chi connectivity index (χ4n) is 5.24. The van der Waals surface area contributed by atoms with E-state index in [4.69, 9.17) is 32.2 Å². The van der Waals surface area contributed by atoms with Crippen LogP contribution in [0.2, 0.25) is 0 Å². The molecule has 7 atom stereocenters. The summed E-state index contributed by atoms with van der Waals surface area (Å²) in [5.74, 6) is -7.58. The third-order valence-electron chi connectivity index (χ3n) is 8.11. The van der Waals surface area contributed by atoms with Gasteiger partial charge in [-0.15, -0.1) is 11.8 Å². The van der Waals surface area contributed by atoms with Gasteiger partial charge in [-0.05, 0) is 32.2 Å². The van der Waals surface area contributed by atoms with Crippen molar-refractivity contribution in [3.05, 3.63) is 11.3 Å². The highest BCUT2D eigenvalue weighted by Gasteiger charge is 2.66. The first-order valence-corrected chi connectivity index (χ1v) is 17.2. The van der Waals surface area contributed by atoms with Crippen LogP contribution in [-0.4, -0.2) is 152 Å². The second-order valence-electron chi connectivity index (χ2n) is 11.9. The number of nitrogens with one attached hydrogen (secondary N) is 4. The van der Waals surface area contributed by atoms with Gasteiger partial charge in [-0.3, -0.25) is 38.5 Å². The third-order valence-corrected chi connectivity index (χ3v) is 9.50. The van der Waals surface area contributed by atoms with Crippen LogP contribution in [0.4, 0.5) is 0 Å². The fourth-order valence-corrected chi connectivity index (χ4v) is 6.65. The summed E-state index contributed by atoms with van der Waals surface area (Å²) in [6, 6.07) is -5.17. The number of carbonyl (C=O) groups excluding carboxylic acids is 6. The normalized spacial score (nSPS) is 20.9. The summed E-state index contributed by atoms with van der Waals surface area (Å²) < 4.78 is 5.23. The maximum atomic E-state index is 13.3. The summed E-state index contributed by atoms with van der Waals surface area (Å²) in [5.41, 5.74) is 13.8. The molecule has 1 fully saturated rings. The molecule has 0 bridgehead atoms. The summed E-state index contributed by atoms with van der Waals surface area (Å²) in [6.07, 6.45) is -1.35. The number of nitrogens with two attached hydrogens (primary N) is 3. The zero-order valence-corrected chi connectivity index (χ0v) is 28.8. The van der Waals surface area contributed by atoms with Crippen LogP contribution in [0, 0.1) is 0 Å². The molecule has 22 nitrogen and oxygen atoms in total. The number of hydrogen-bond donors (Lipinski definition) is 12. The molecule has 2 aliphatic heterocycles. The largest absolute Gasteiger partial charge is 0.480 e. The van der Waals surface area contributed by atoms with E-state index in [9.17, 15) is 53.7 Å². The Morgan fingerprint density at radius 3 is 2.27 bits per heavy atom. The Kier molecular flexibility index (Phi) is 17.3. The third kappa shape index (κ3) is 11.3. The van der Waals surface area contributed by atoms with E-state index in [1.165, 1.54) is 0 Å². The summed E-state index contributed by atoms with van der Waals surface area (Å²) >= 11 is 0.948. The molecule has 2 rings (SSSR count). The van der Waals surface area contributed by atoms with Crippen LogP contribution in [0.3, 0.4) is 0 Å². The number of thioether (sulfide) groups is 1. The predicted molar refractivity (Wildman–Crippen MR) is 178 cm³/mol. The lowest BCUT2D eigenvalue weighted by Gasteiger charge is -2.56. The number of rotatable bonds is 24. The van der Waals surface area contributed by atoms with Crippen LogP contribution in [0.15, 0.2) is 11.3 Å². The Labute approximate surface area is 301 Å². The van der Waals surface area contributed by atoms with Gasteiger partial charge < -0.3 is 68.7 Å². The predicted octanol–water partition coefficient (Wildman–Crippen LogP) is -5.91. The molecule has 15 N–H and O–H groups in total. The highest BCUT2D eigenvalue weighted by molar-refractivity contribution is 8.00. The topological polar surface area (TPSA) is 376 Å². The number of esters is 1. The van der Waals surface area contributed by atoms with Crippen molar-refractivity contribution in [2.75, 3.05) is 32.1 Å². The van der Waals surface area contributed by atoms with E-state index in [0.29, 0.717) is 12.8 Å². The summed E-state index contributed by atoms with van der Waals surface area (Å²) in [4.78, 5) is 99.1. The first-order chi connectivity index (χ1) is 24.6. The zero-order valence-electron chi connectivity index (χ0n) is 28.0. The van der Waals surface area contributed by atoms with E-state index in [2.05, 4.69) is 21.3 Å². The van der Waals surface area contributed by atoms with Crippen molar-refractivity contribution < 1.29 is 68.6 Å². The molecular formula is C29H46N8O14S. The molecule has 0 spiro atoms. The molecule has 0 aliphatic carbocycles. The van der Waals surface area contributed by atoms with Gasteiger partial charge in [-0.2, -0.15) is 0 Å². The summed E-state index contributed by atoms with van der Waals surface area (Å²) in [7, 11) is 0. The number of carboxylic acids is 2. The van der Waals surface area contributed by atoms with Crippen LogP contribution in [0.1, 0.15) is 44.9 Å². The molecule has 0 aromatic heterocycles. The van der Waals surface area contributed by atoms with Gasteiger partial charge in [0, 0.05) is 17.7 Å². The lowest BCUT2D eigenvalue weighted by molar-refractivity contribution is -0.162. The molecule has 2 heterocycles. The highest BCUT2D eigenvalue weighted by Crippen LogP contribution is 2.45. The first kappa shape index (κ1) is 43.8. The van der Waals surface area contributed by atoms with E-state index >= 15 is 0 Å². The van der Waals surface area contributed by atoms with Crippen LogP contribution in [0.25, 0.3) is 0 Å². The second kappa shape index (κ2) is 20.6. The number of nitrogens with zero attached hydrogens (tertiary/aromatic N) is 1. The standard InChI is InChI=1S/C29H46N8O14S/c30-7-2-1-5-17(34-24(45)18(10-39)35-23(44)16(32)9-38)19(41)8-21(43)51-11-14-12-52-28-29(33-13-40,27(50)37(28)22(14)26(48)49)36-20(42)6-3-4-15(31)25(46)47/h13,15-19,28,38-39,41H,1-12,30-32H2,(H,33,40)(H,34,45)(H,35,44)(H,36,42)(H,46,47)(H,48,49)/t15-,16+,17+,18+,19-,28?,29-/m1/s1. The maximum absolute atomic E-state index is 13.3. The van der Waals surface area contributed by atoms with Crippen molar-refractivity contribution in [1.29, 1.82) is 0 Å². The quantitative estimate of drug-likeness (QED) is 0.0143. The monoisotopic (exact) mass is 762 g/mol. The lowest BCUT2D eigenvalue weighted by atomic mass is 9.94. The minimum absolute atomic E-state index is 0.0194. The molecule has 0 saturated carbocycles. The molecule has 0 aromatic carbocycles. The Hall–Kier alpha value is -4.39. The molecule has 0 aromatic rings. The molecular weight excluding hydrogens is 716 g/mol. The number of amides is 5. The van der Waals surface area contributed by atoms with Crippen molar-refractivity contribution in [3.63, 3.8) is 0 Å². The Balaban J connectivity index is 2.12. The first-order valence-electron chi connectivity index (χ1n) is 16.1. The number of ether oxygens (including phenoxy) is 1. The smallest absolute Gasteiger partial charge is 0.352 e. The second-order valence-corrected chi connectivity index (χ2v) is 13.0. The number of fused-ring (bicyclic) bond motifs is 1. The van der Waals surface area contributed by atoms with Gasteiger partial charge in [0.15, 0.2) is 0 Å². The molecule has 23 heteroatoms. The number of unbranched alkanes of at least 4 members (excludes halogenated alkanes) is 1. The maximum Gasteiger partial charge on any atom is 0.352 e. The Morgan fingerprint density at radius 1 is 1.00 bits per heavy atom. The number of hydrogen-bond acceptors (Lipinski definition) is 16. The minimum atomic E-state index is -2.02. The summed E-state index contributed by atoms with van der Waals surface area (Å²) in [5, 5.41) is 56.6. The van der Waals surface area contributed by atoms with Crippen LogP contribution in [-0.2, 0) is 43.1 Å². The van der Waals surface area contributed by atoms with E-state index < -0.39 is 115 Å². The van der Waals surface area contributed by atoms with E-state index in [0.717, 1.165) is 16.7 Å². The zero-order chi connectivity index (χ0) is 39.2. The number of aliphatic hydroxyl groups is 3. The minimum Gasteiger partial charge on any atom is -0.480 e. The molecule has 292 valence electrons. The van der Waals surface area contributed by atoms with Gasteiger partial charge in [0.05, 0.1) is 31.8 Å². The highest BCUT2D eigenvalue weighted by atomic mass is 32.2. The molecule has 1 unspecified atom stereocenters. The Morgan fingerprint density at radius 2 is 1.69 bits per heavy atom. The molecule has 1 saturated heterocycles. The molecule has 0 radical (unpaired) electrons. The number of β-lactam (4-membered cyclic amide) rings is 1. The Bertz CT molecular complexity index is 1390. The van der Waals surface area contributed by atoms with Gasteiger partial charge in [0.25, 0.3) is 5.91 Å². The molecule has 52 heavy (non-hydrogen) atoms. The number of carboxylic acid groups (broad SMARTS) is 2. The van der Waals surface area contributed by atoms with Gasteiger partial charge in [0.2, 0.25) is 29.8 Å². The van der Waals surface area contributed by atoms with E-state index in [-0.39, 0.29) is 50.0 Å². The van der Waals surface area contributed by atoms with Gasteiger partial charge in [-0.25, -0.2) is 4.79 Å². The van der Waals surface area contributed by atoms with Crippen molar-refractivity contribution in [1.82, 2.24) is 26.2 Å². The van der Waals surface area contributed by atoms with Crippen LogP contribution < -0.4 is 38.5 Å². The van der Waals surface area contributed by atoms with Crippen LogP contribution in [0.5, 0.6) is 0 Å². The average Bonchev–Trinajstić information content (AvgIpc) is 3.10. The van der Waals surface area contributed by atoms with Crippen molar-refractivity contribution in [2.45, 2.75) is 86.3 Å². The van der Waals surface area contributed by atoms with Crippen molar-refractivity contribution >= 4 is 59.7 Å². The van der Waals surface area contributed by atoms with Gasteiger partial charge >= 0.3 is 17.9 Å². The van der Waals surface area contributed by atoms with Crippen LogP contribution >= 0.6 is 11.8 Å². The van der Waals surface area contributed by atoms with Gasteiger partial charge in [-0.1, -0.05) is 6.42 Å². The molecule has 5 amide bonds. The summed E-state index contributed by atoms with van der Waals surface area (Å²) in [6.45, 7) is -1.92. The molecule has 2 aliphatic rings. The van der Waals surface area contributed by atoms with Crippen molar-refractivity contribution in [2.24, 2.45) is 17.2 Å². The van der Waals surface area contributed by atoms with Gasteiger partial charge in [0.1, 0.15) is 35.8 Å². The fraction of sp³-hybridized carbons (Fsp3) is 0.655. The number of aliphatic carboxylic acids is 2. The number of carbonyl (C=O) groups is 8. The van der Waals surface area contributed by atoms with Crippen molar-refractivity contribution in [3.8, 4) is 0 Å². The number of aliphatic hydroxyl groups excluding tert-OH is 3. The van der Waals surface area contributed by atoms with E-state index in [1.54, 1.807) is 0 Å². The SMILES string of the molecule is NCCCC[C@H](NC(=O)[C@H](CO)NC(=O)[C@@H](N)CO)[C@H](O)CC(=O)OCC1=C(C(=O)O)N2C(=O)[C@@](NC=O)(NC(=O)CCC[C@@H](N)C(=O)O)C2SC1. The average molecular weight is 763 g/mol. The van der Waals surface area contributed by atoms with E-state index in [1.807, 2.05) is 0 Å². The lowest BCUT2D eigenvalue weighted by Crippen LogP contribution is -2.85.